The van der Waals surface area contributed by atoms with E-state index >= 15 is 0 Å². The third-order valence-corrected chi connectivity index (χ3v) is 2.93. The number of nitrogens with one attached hydrogen (secondary N) is 1. The van der Waals surface area contributed by atoms with Crippen molar-refractivity contribution < 1.29 is 14.7 Å². The van der Waals surface area contributed by atoms with E-state index in [1.54, 1.807) is 6.20 Å². The van der Waals surface area contributed by atoms with Crippen molar-refractivity contribution in [1.29, 1.82) is 0 Å². The fourth-order valence-corrected chi connectivity index (χ4v) is 1.73. The zero-order valence-corrected chi connectivity index (χ0v) is 11.0. The predicted molar refractivity (Wildman–Crippen MR) is 73.5 cm³/mol. The van der Waals surface area contributed by atoms with Crippen LogP contribution < -0.4 is 5.32 Å². The van der Waals surface area contributed by atoms with Gasteiger partial charge in [-0.05, 0) is 42.8 Å². The average Bonchev–Trinajstić information content (AvgIpc) is 2.46. The molecule has 1 amide bonds. The largest absolute Gasteiger partial charge is 0.478 e. The van der Waals surface area contributed by atoms with Gasteiger partial charge in [0, 0.05) is 11.8 Å². The van der Waals surface area contributed by atoms with E-state index in [2.05, 4.69) is 10.3 Å². The van der Waals surface area contributed by atoms with Crippen LogP contribution in [-0.4, -0.2) is 22.0 Å². The van der Waals surface area contributed by atoms with Crippen LogP contribution in [0.15, 0.2) is 42.6 Å². The minimum absolute atomic E-state index is 0.155. The second-order valence-corrected chi connectivity index (χ2v) is 4.33. The molecule has 20 heavy (non-hydrogen) atoms. The van der Waals surface area contributed by atoms with Crippen LogP contribution in [0.2, 0.25) is 0 Å². The molecule has 1 aromatic carbocycles. The van der Waals surface area contributed by atoms with E-state index in [-0.39, 0.29) is 11.5 Å². The summed E-state index contributed by atoms with van der Waals surface area (Å²) in [7, 11) is 0. The SMILES string of the molecule is Cc1cccnc1CNC(=O)c1ccc(C(=O)O)cc1. The lowest BCUT2D eigenvalue weighted by Gasteiger charge is -2.07. The third kappa shape index (κ3) is 3.20. The van der Waals surface area contributed by atoms with Gasteiger partial charge in [-0.25, -0.2) is 4.79 Å². The Morgan fingerprint density at radius 2 is 1.80 bits per heavy atom. The summed E-state index contributed by atoms with van der Waals surface area (Å²) in [4.78, 5) is 26.8. The number of carboxylic acid groups (broad SMARTS) is 1. The molecule has 0 radical (unpaired) electrons. The number of carbonyl (C=O) groups is 2. The molecule has 5 nitrogen and oxygen atoms in total. The fourth-order valence-electron chi connectivity index (χ4n) is 1.73. The van der Waals surface area contributed by atoms with E-state index in [0.29, 0.717) is 12.1 Å². The molecule has 1 heterocycles. The molecule has 0 atom stereocenters. The number of hydrogen-bond donors (Lipinski definition) is 2. The number of nitrogens with zero attached hydrogens (tertiary/aromatic N) is 1. The monoisotopic (exact) mass is 270 g/mol. The first kappa shape index (κ1) is 13.7. The van der Waals surface area contributed by atoms with Crippen molar-refractivity contribution >= 4 is 11.9 Å². The Morgan fingerprint density at radius 1 is 1.15 bits per heavy atom. The number of carboxylic acids is 1. The summed E-state index contributed by atoms with van der Waals surface area (Å²) in [6.07, 6.45) is 1.68. The Balaban J connectivity index is 2.02. The van der Waals surface area contributed by atoms with Gasteiger partial charge in [-0.3, -0.25) is 9.78 Å². The lowest BCUT2D eigenvalue weighted by Crippen LogP contribution is -2.23. The van der Waals surface area contributed by atoms with Crippen LogP contribution in [-0.2, 0) is 6.54 Å². The van der Waals surface area contributed by atoms with E-state index in [9.17, 15) is 9.59 Å². The number of carbonyl (C=O) groups excluding carboxylic acids is 1. The molecule has 2 N–H and O–H groups in total. The van der Waals surface area contributed by atoms with Crippen molar-refractivity contribution in [2.75, 3.05) is 0 Å². The molecule has 1 aromatic heterocycles. The zero-order valence-electron chi connectivity index (χ0n) is 11.0. The van der Waals surface area contributed by atoms with Crippen molar-refractivity contribution in [2.24, 2.45) is 0 Å². The molecular formula is C15H14N2O3. The molecular weight excluding hydrogens is 256 g/mol. The highest BCUT2D eigenvalue weighted by Crippen LogP contribution is 2.06. The van der Waals surface area contributed by atoms with Crippen molar-refractivity contribution in [1.82, 2.24) is 10.3 Å². The first-order valence-corrected chi connectivity index (χ1v) is 6.10. The zero-order chi connectivity index (χ0) is 14.5. The highest BCUT2D eigenvalue weighted by Gasteiger charge is 2.08. The van der Waals surface area contributed by atoms with Crippen LogP contribution in [0.1, 0.15) is 32.0 Å². The maximum atomic E-state index is 11.9. The Kier molecular flexibility index (Phi) is 4.10. The second-order valence-electron chi connectivity index (χ2n) is 4.33. The fraction of sp³-hybridized carbons (Fsp3) is 0.133. The van der Waals surface area contributed by atoms with Gasteiger partial charge >= 0.3 is 5.97 Å². The van der Waals surface area contributed by atoms with Gasteiger partial charge in [-0.1, -0.05) is 6.07 Å². The molecule has 2 aromatic rings. The highest BCUT2D eigenvalue weighted by atomic mass is 16.4. The average molecular weight is 270 g/mol. The summed E-state index contributed by atoms with van der Waals surface area (Å²) < 4.78 is 0. The van der Waals surface area contributed by atoms with Crippen molar-refractivity contribution in [3.8, 4) is 0 Å². The number of pyridine rings is 1. The number of amides is 1. The Bertz CT molecular complexity index is 636. The lowest BCUT2D eigenvalue weighted by molar-refractivity contribution is 0.0696. The normalized spacial score (nSPS) is 10.1. The summed E-state index contributed by atoms with van der Waals surface area (Å²) in [6, 6.07) is 9.56. The van der Waals surface area contributed by atoms with Crippen LogP contribution in [0, 0.1) is 6.92 Å². The van der Waals surface area contributed by atoms with Crippen molar-refractivity contribution in [2.45, 2.75) is 13.5 Å². The van der Waals surface area contributed by atoms with Gasteiger partial charge in [0.2, 0.25) is 0 Å². The highest BCUT2D eigenvalue weighted by molar-refractivity contribution is 5.95. The van der Waals surface area contributed by atoms with E-state index in [0.717, 1.165) is 11.3 Å². The molecule has 0 aliphatic rings. The number of aromatic carboxylic acids is 1. The molecule has 0 unspecified atom stereocenters. The van der Waals surface area contributed by atoms with Crippen LogP contribution >= 0.6 is 0 Å². The van der Waals surface area contributed by atoms with E-state index < -0.39 is 5.97 Å². The summed E-state index contributed by atoms with van der Waals surface area (Å²) in [6.45, 7) is 2.27. The van der Waals surface area contributed by atoms with Gasteiger partial charge < -0.3 is 10.4 Å². The summed E-state index contributed by atoms with van der Waals surface area (Å²) >= 11 is 0. The maximum Gasteiger partial charge on any atom is 0.335 e. The molecule has 102 valence electrons. The molecule has 0 spiro atoms. The van der Waals surface area contributed by atoms with E-state index in [1.165, 1.54) is 24.3 Å². The number of benzene rings is 1. The Hall–Kier alpha value is -2.69. The maximum absolute atomic E-state index is 11.9. The van der Waals surface area contributed by atoms with E-state index in [1.807, 2.05) is 19.1 Å². The first-order valence-electron chi connectivity index (χ1n) is 6.10. The molecule has 0 saturated heterocycles. The molecule has 0 bridgehead atoms. The molecule has 0 saturated carbocycles. The van der Waals surface area contributed by atoms with Gasteiger partial charge in [-0.2, -0.15) is 0 Å². The molecule has 0 fully saturated rings. The lowest BCUT2D eigenvalue weighted by atomic mass is 10.1. The summed E-state index contributed by atoms with van der Waals surface area (Å²) in [5.41, 5.74) is 2.39. The second kappa shape index (κ2) is 5.97. The van der Waals surface area contributed by atoms with Crippen LogP contribution in [0.4, 0.5) is 0 Å². The number of hydrogen-bond acceptors (Lipinski definition) is 3. The van der Waals surface area contributed by atoms with Gasteiger partial charge in [0.05, 0.1) is 17.8 Å². The Morgan fingerprint density at radius 3 is 2.40 bits per heavy atom. The Labute approximate surface area is 116 Å². The first-order chi connectivity index (χ1) is 9.58. The van der Waals surface area contributed by atoms with Crippen LogP contribution in [0.5, 0.6) is 0 Å². The number of rotatable bonds is 4. The number of aromatic nitrogens is 1. The third-order valence-electron chi connectivity index (χ3n) is 2.93. The number of aryl methyl sites for hydroxylation is 1. The quantitative estimate of drug-likeness (QED) is 0.890. The minimum atomic E-state index is -1.01. The molecule has 0 aliphatic carbocycles. The topological polar surface area (TPSA) is 79.3 Å². The van der Waals surface area contributed by atoms with Crippen LogP contribution in [0.25, 0.3) is 0 Å². The smallest absolute Gasteiger partial charge is 0.335 e. The van der Waals surface area contributed by atoms with Crippen molar-refractivity contribution in [3.63, 3.8) is 0 Å². The minimum Gasteiger partial charge on any atom is -0.478 e. The van der Waals surface area contributed by atoms with E-state index in [4.69, 9.17) is 5.11 Å². The van der Waals surface area contributed by atoms with Gasteiger partial charge in [-0.15, -0.1) is 0 Å². The summed E-state index contributed by atoms with van der Waals surface area (Å²) in [5, 5.41) is 11.5. The summed E-state index contributed by atoms with van der Waals surface area (Å²) in [5.74, 6) is -1.27. The molecule has 5 heteroatoms. The molecule has 2 rings (SSSR count). The van der Waals surface area contributed by atoms with Crippen LogP contribution in [0.3, 0.4) is 0 Å². The van der Waals surface area contributed by atoms with Gasteiger partial charge in [0.1, 0.15) is 0 Å². The van der Waals surface area contributed by atoms with Gasteiger partial charge in [0.25, 0.3) is 5.91 Å². The van der Waals surface area contributed by atoms with Gasteiger partial charge in [0.15, 0.2) is 0 Å². The van der Waals surface area contributed by atoms with Crippen molar-refractivity contribution in [3.05, 3.63) is 65.0 Å². The molecule has 0 aliphatic heterocycles. The standard InChI is InChI=1S/C15H14N2O3/c1-10-3-2-8-16-13(10)9-17-14(18)11-4-6-12(7-5-11)15(19)20/h2-8H,9H2,1H3,(H,17,18)(H,19,20). The predicted octanol–water partition coefficient (Wildman–Crippen LogP) is 2.02.